The van der Waals surface area contributed by atoms with Gasteiger partial charge in [-0.15, -0.1) is 0 Å². The largest absolute Gasteiger partial charge is 0.310 e. The van der Waals surface area contributed by atoms with Crippen LogP contribution >= 0.6 is 0 Å². The van der Waals surface area contributed by atoms with Gasteiger partial charge in [-0.1, -0.05) is 19.3 Å². The van der Waals surface area contributed by atoms with Crippen LogP contribution < -0.4 is 5.32 Å². The van der Waals surface area contributed by atoms with E-state index in [9.17, 15) is 0 Å². The predicted octanol–water partition coefficient (Wildman–Crippen LogP) is 3.10. The van der Waals surface area contributed by atoms with Crippen LogP contribution in [0.3, 0.4) is 0 Å². The molecule has 0 aliphatic heterocycles. The summed E-state index contributed by atoms with van der Waals surface area (Å²) >= 11 is 0. The SMILES string of the molecule is Cc1cc2ncc(CNC(C)C3CCCCC3)cn2n1. The standard InChI is InChI=1S/C16H24N4/c1-12-8-16-18-10-14(11-20(16)19-12)9-17-13(2)15-6-4-3-5-7-15/h8,10-11,13,15,17H,3-7,9H2,1-2H3. The molecule has 2 heterocycles. The van der Waals surface area contributed by atoms with Crippen LogP contribution in [0.25, 0.3) is 5.65 Å². The molecule has 4 heteroatoms. The van der Waals surface area contributed by atoms with Crippen molar-refractivity contribution in [3.05, 3.63) is 29.7 Å². The topological polar surface area (TPSA) is 42.2 Å². The summed E-state index contributed by atoms with van der Waals surface area (Å²) in [6.07, 6.45) is 11.0. The molecule has 1 unspecified atom stereocenters. The van der Waals surface area contributed by atoms with Crippen LogP contribution in [0.1, 0.15) is 50.3 Å². The van der Waals surface area contributed by atoms with E-state index in [2.05, 4.69) is 28.5 Å². The zero-order valence-corrected chi connectivity index (χ0v) is 12.5. The Morgan fingerprint density at radius 3 is 2.95 bits per heavy atom. The van der Waals surface area contributed by atoms with Crippen molar-refractivity contribution in [3.8, 4) is 0 Å². The zero-order chi connectivity index (χ0) is 13.9. The molecule has 20 heavy (non-hydrogen) atoms. The highest BCUT2D eigenvalue weighted by Gasteiger charge is 2.19. The fourth-order valence-electron chi connectivity index (χ4n) is 3.20. The molecule has 2 aromatic heterocycles. The first-order valence-electron chi connectivity index (χ1n) is 7.76. The summed E-state index contributed by atoms with van der Waals surface area (Å²) in [5, 5.41) is 8.08. The molecule has 0 amide bonds. The fraction of sp³-hybridized carbons (Fsp3) is 0.625. The molecule has 0 spiro atoms. The smallest absolute Gasteiger partial charge is 0.155 e. The second kappa shape index (κ2) is 5.92. The van der Waals surface area contributed by atoms with Crippen molar-refractivity contribution >= 4 is 5.65 Å². The summed E-state index contributed by atoms with van der Waals surface area (Å²) in [5.74, 6) is 0.840. The highest BCUT2D eigenvalue weighted by molar-refractivity contribution is 5.38. The van der Waals surface area contributed by atoms with Crippen LogP contribution in [0.5, 0.6) is 0 Å². The highest BCUT2D eigenvalue weighted by atomic mass is 15.2. The number of rotatable bonds is 4. The van der Waals surface area contributed by atoms with Gasteiger partial charge in [0.05, 0.1) is 5.69 Å². The molecular weight excluding hydrogens is 248 g/mol. The number of aromatic nitrogens is 3. The summed E-state index contributed by atoms with van der Waals surface area (Å²) in [7, 11) is 0. The number of nitrogens with one attached hydrogen (secondary N) is 1. The first-order valence-corrected chi connectivity index (χ1v) is 7.76. The molecule has 1 aliphatic rings. The summed E-state index contributed by atoms with van der Waals surface area (Å²) in [4.78, 5) is 4.45. The van der Waals surface area contributed by atoms with Gasteiger partial charge in [0.2, 0.25) is 0 Å². The lowest BCUT2D eigenvalue weighted by Crippen LogP contribution is -2.34. The van der Waals surface area contributed by atoms with Crippen LogP contribution in [0.4, 0.5) is 0 Å². The van der Waals surface area contributed by atoms with E-state index in [1.54, 1.807) is 0 Å². The lowest BCUT2D eigenvalue weighted by atomic mass is 9.84. The van der Waals surface area contributed by atoms with Crippen molar-refractivity contribution in [2.45, 2.75) is 58.5 Å². The van der Waals surface area contributed by atoms with Gasteiger partial charge in [-0.05, 0) is 32.6 Å². The number of hydrogen-bond acceptors (Lipinski definition) is 3. The molecule has 1 fully saturated rings. The van der Waals surface area contributed by atoms with Crippen LogP contribution in [0, 0.1) is 12.8 Å². The van der Waals surface area contributed by atoms with Gasteiger partial charge in [0.15, 0.2) is 5.65 Å². The Hall–Kier alpha value is -1.42. The Bertz CT molecular complexity index is 569. The molecular formula is C16H24N4. The summed E-state index contributed by atoms with van der Waals surface area (Å²) in [5.41, 5.74) is 3.13. The highest BCUT2D eigenvalue weighted by Crippen LogP contribution is 2.26. The number of aryl methyl sites for hydroxylation is 1. The maximum absolute atomic E-state index is 4.45. The third-order valence-corrected chi connectivity index (χ3v) is 4.47. The number of nitrogens with zero attached hydrogens (tertiary/aromatic N) is 3. The number of fused-ring (bicyclic) bond motifs is 1. The minimum atomic E-state index is 0.588. The Labute approximate surface area is 120 Å². The molecule has 1 N–H and O–H groups in total. The van der Waals surface area contributed by atoms with Crippen molar-refractivity contribution < 1.29 is 0 Å². The molecule has 0 aromatic carbocycles. The Morgan fingerprint density at radius 1 is 1.35 bits per heavy atom. The summed E-state index contributed by atoms with van der Waals surface area (Å²) in [6.45, 7) is 5.19. The molecule has 0 bridgehead atoms. The van der Waals surface area contributed by atoms with Crippen molar-refractivity contribution in [1.29, 1.82) is 0 Å². The van der Waals surface area contributed by atoms with E-state index in [0.717, 1.165) is 23.8 Å². The van der Waals surface area contributed by atoms with E-state index in [0.29, 0.717) is 6.04 Å². The average molecular weight is 272 g/mol. The van der Waals surface area contributed by atoms with Gasteiger partial charge in [0.1, 0.15) is 0 Å². The molecule has 1 aliphatic carbocycles. The van der Waals surface area contributed by atoms with Gasteiger partial charge < -0.3 is 5.32 Å². The molecule has 108 valence electrons. The number of hydrogen-bond donors (Lipinski definition) is 1. The second-order valence-corrected chi connectivity index (χ2v) is 6.12. The maximum Gasteiger partial charge on any atom is 0.155 e. The quantitative estimate of drug-likeness (QED) is 0.930. The third kappa shape index (κ3) is 3.01. The van der Waals surface area contributed by atoms with Crippen LogP contribution in [-0.2, 0) is 6.54 Å². The molecule has 2 aromatic rings. The summed E-state index contributed by atoms with van der Waals surface area (Å²) in [6, 6.07) is 2.59. The van der Waals surface area contributed by atoms with Gasteiger partial charge >= 0.3 is 0 Å². The lowest BCUT2D eigenvalue weighted by Gasteiger charge is -2.28. The molecule has 0 saturated heterocycles. The van der Waals surface area contributed by atoms with Crippen molar-refractivity contribution in [1.82, 2.24) is 19.9 Å². The van der Waals surface area contributed by atoms with E-state index in [1.165, 1.54) is 37.7 Å². The van der Waals surface area contributed by atoms with E-state index in [-0.39, 0.29) is 0 Å². The van der Waals surface area contributed by atoms with Crippen LogP contribution in [0.2, 0.25) is 0 Å². The molecule has 1 saturated carbocycles. The van der Waals surface area contributed by atoms with Gasteiger partial charge in [0.25, 0.3) is 0 Å². The van der Waals surface area contributed by atoms with Gasteiger partial charge in [0, 0.05) is 36.6 Å². The molecule has 1 atom stereocenters. The molecule has 0 radical (unpaired) electrons. The third-order valence-electron chi connectivity index (χ3n) is 4.47. The maximum atomic E-state index is 4.45. The van der Waals surface area contributed by atoms with Crippen molar-refractivity contribution in [2.24, 2.45) is 5.92 Å². The molecule has 4 nitrogen and oxygen atoms in total. The monoisotopic (exact) mass is 272 g/mol. The normalized spacial score (nSPS) is 18.5. The van der Waals surface area contributed by atoms with Crippen molar-refractivity contribution in [3.63, 3.8) is 0 Å². The first-order chi connectivity index (χ1) is 9.72. The second-order valence-electron chi connectivity index (χ2n) is 6.12. The van der Waals surface area contributed by atoms with E-state index in [1.807, 2.05) is 23.7 Å². The fourth-order valence-corrected chi connectivity index (χ4v) is 3.20. The zero-order valence-electron chi connectivity index (χ0n) is 12.5. The Balaban J connectivity index is 1.61. The van der Waals surface area contributed by atoms with Gasteiger partial charge in [-0.3, -0.25) is 0 Å². The summed E-state index contributed by atoms with van der Waals surface area (Å²) < 4.78 is 1.87. The van der Waals surface area contributed by atoms with E-state index < -0.39 is 0 Å². The van der Waals surface area contributed by atoms with Crippen LogP contribution in [-0.4, -0.2) is 20.6 Å². The van der Waals surface area contributed by atoms with Gasteiger partial charge in [-0.2, -0.15) is 5.10 Å². The van der Waals surface area contributed by atoms with Gasteiger partial charge in [-0.25, -0.2) is 9.50 Å². The predicted molar refractivity (Wildman–Crippen MR) is 80.6 cm³/mol. The van der Waals surface area contributed by atoms with Crippen LogP contribution in [0.15, 0.2) is 18.5 Å². The lowest BCUT2D eigenvalue weighted by molar-refractivity contribution is 0.280. The Morgan fingerprint density at radius 2 is 2.15 bits per heavy atom. The average Bonchev–Trinajstić information content (AvgIpc) is 2.85. The first kappa shape index (κ1) is 13.6. The minimum absolute atomic E-state index is 0.588. The molecule has 3 rings (SSSR count). The Kier molecular flexibility index (Phi) is 4.01. The van der Waals surface area contributed by atoms with Crippen molar-refractivity contribution in [2.75, 3.05) is 0 Å². The minimum Gasteiger partial charge on any atom is -0.310 e. The van der Waals surface area contributed by atoms with E-state index in [4.69, 9.17) is 0 Å². The van der Waals surface area contributed by atoms with E-state index >= 15 is 0 Å².